The molecule has 0 spiro atoms. The van der Waals surface area contributed by atoms with E-state index in [0.717, 1.165) is 66.6 Å². The molecule has 0 bridgehead atoms. The zero-order valence-electron chi connectivity index (χ0n) is 18.3. The lowest BCUT2D eigenvalue weighted by atomic mass is 9.89. The van der Waals surface area contributed by atoms with Crippen molar-refractivity contribution in [3.63, 3.8) is 0 Å². The summed E-state index contributed by atoms with van der Waals surface area (Å²) in [7, 11) is 0. The third kappa shape index (κ3) is 4.10. The zero-order valence-corrected chi connectivity index (χ0v) is 19.9. The fourth-order valence-corrected chi connectivity index (χ4v) is 6.81. The number of rotatable bonds is 5. The van der Waals surface area contributed by atoms with Crippen LogP contribution in [-0.2, 0) is 28.9 Å². The minimum Gasteiger partial charge on any atom is -0.273 e. The Morgan fingerprint density at radius 3 is 2.72 bits per heavy atom. The van der Waals surface area contributed by atoms with Crippen LogP contribution in [0.15, 0.2) is 5.16 Å². The van der Waals surface area contributed by atoms with Gasteiger partial charge in [0.15, 0.2) is 10.8 Å². The highest BCUT2D eigenvalue weighted by Crippen LogP contribution is 2.38. The normalized spacial score (nSPS) is 16.9. The number of thioether (sulfide) groups is 1. The molecule has 8 nitrogen and oxygen atoms in total. The highest BCUT2D eigenvalue weighted by Gasteiger charge is 2.24. The summed E-state index contributed by atoms with van der Waals surface area (Å²) in [6, 6.07) is 0. The van der Waals surface area contributed by atoms with Gasteiger partial charge in [0.25, 0.3) is 0 Å². The van der Waals surface area contributed by atoms with Crippen LogP contribution in [0.5, 0.6) is 0 Å². The van der Waals surface area contributed by atoms with Crippen LogP contribution in [0.3, 0.4) is 0 Å². The van der Waals surface area contributed by atoms with Crippen molar-refractivity contribution in [1.82, 2.24) is 30.4 Å². The molecule has 10 heteroatoms. The van der Waals surface area contributed by atoms with Gasteiger partial charge in [0.05, 0.1) is 11.1 Å². The summed E-state index contributed by atoms with van der Waals surface area (Å²) in [5.41, 5.74) is 7.37. The van der Waals surface area contributed by atoms with Crippen molar-refractivity contribution in [1.29, 1.82) is 0 Å². The van der Waals surface area contributed by atoms with Crippen LogP contribution in [0, 0.1) is 5.92 Å². The van der Waals surface area contributed by atoms with E-state index in [9.17, 15) is 9.59 Å². The Hall–Kier alpha value is -2.20. The molecule has 5 rings (SSSR count). The van der Waals surface area contributed by atoms with E-state index in [2.05, 4.69) is 28.0 Å². The van der Waals surface area contributed by atoms with E-state index in [1.165, 1.54) is 41.5 Å². The SMILES string of the molecule is CCc1nc2sc3c(c2c2nnc(SCC(=O)NNC(=O)C4CCCCC4)n12)CCCC3. The molecule has 1 fully saturated rings. The van der Waals surface area contributed by atoms with E-state index < -0.39 is 0 Å². The van der Waals surface area contributed by atoms with Crippen LogP contribution in [0.4, 0.5) is 0 Å². The maximum Gasteiger partial charge on any atom is 0.248 e. The first kappa shape index (κ1) is 21.6. The number of hydrazine groups is 1. The summed E-state index contributed by atoms with van der Waals surface area (Å²) in [5, 5.41) is 10.7. The summed E-state index contributed by atoms with van der Waals surface area (Å²) in [6.45, 7) is 2.07. The number of amides is 2. The lowest BCUT2D eigenvalue weighted by Crippen LogP contribution is -2.45. The van der Waals surface area contributed by atoms with Crippen molar-refractivity contribution < 1.29 is 9.59 Å². The van der Waals surface area contributed by atoms with Gasteiger partial charge in [-0.1, -0.05) is 37.9 Å². The number of aromatic nitrogens is 4. The van der Waals surface area contributed by atoms with Gasteiger partial charge < -0.3 is 0 Å². The fourth-order valence-electron chi connectivity index (χ4n) is 4.79. The molecule has 0 atom stereocenters. The van der Waals surface area contributed by atoms with Gasteiger partial charge in [0.1, 0.15) is 10.7 Å². The second-order valence-electron chi connectivity index (χ2n) is 8.58. The third-order valence-electron chi connectivity index (χ3n) is 6.45. The smallest absolute Gasteiger partial charge is 0.248 e. The van der Waals surface area contributed by atoms with E-state index in [1.54, 1.807) is 11.3 Å². The fraction of sp³-hybridized carbons (Fsp3) is 0.591. The molecule has 170 valence electrons. The van der Waals surface area contributed by atoms with Gasteiger partial charge in [-0.25, -0.2) is 4.98 Å². The Bertz CT molecular complexity index is 1160. The predicted octanol–water partition coefficient (Wildman–Crippen LogP) is 3.60. The number of carbonyl (C=O) groups is 2. The number of hydrogen-bond donors (Lipinski definition) is 2. The van der Waals surface area contributed by atoms with Crippen molar-refractivity contribution in [2.75, 3.05) is 5.75 Å². The Morgan fingerprint density at radius 1 is 1.09 bits per heavy atom. The molecule has 32 heavy (non-hydrogen) atoms. The highest BCUT2D eigenvalue weighted by atomic mass is 32.2. The summed E-state index contributed by atoms with van der Waals surface area (Å²) in [6.07, 6.45) is 10.5. The molecule has 2 aliphatic carbocycles. The Labute approximate surface area is 194 Å². The van der Waals surface area contributed by atoms with Gasteiger partial charge in [0.2, 0.25) is 11.8 Å². The monoisotopic (exact) mass is 472 g/mol. The van der Waals surface area contributed by atoms with E-state index >= 15 is 0 Å². The van der Waals surface area contributed by atoms with Crippen molar-refractivity contribution in [3.8, 4) is 0 Å². The largest absolute Gasteiger partial charge is 0.273 e. The Kier molecular flexibility index (Phi) is 6.32. The van der Waals surface area contributed by atoms with Gasteiger partial charge in [-0.15, -0.1) is 21.5 Å². The Balaban J connectivity index is 1.31. The molecule has 3 aromatic rings. The molecular weight excluding hydrogens is 444 g/mol. The summed E-state index contributed by atoms with van der Waals surface area (Å²) in [5.74, 6) is 0.724. The van der Waals surface area contributed by atoms with Crippen LogP contribution in [0.2, 0.25) is 0 Å². The molecule has 2 aliphatic rings. The number of aryl methyl sites for hydroxylation is 3. The van der Waals surface area contributed by atoms with Gasteiger partial charge in [0, 0.05) is 17.2 Å². The molecule has 3 heterocycles. The summed E-state index contributed by atoms with van der Waals surface area (Å²) in [4.78, 5) is 32.0. The number of fused-ring (bicyclic) bond motifs is 5. The van der Waals surface area contributed by atoms with Crippen molar-refractivity contribution >= 4 is 50.8 Å². The Morgan fingerprint density at radius 2 is 1.91 bits per heavy atom. The molecule has 2 N–H and O–H groups in total. The van der Waals surface area contributed by atoms with E-state index in [0.29, 0.717) is 5.16 Å². The summed E-state index contributed by atoms with van der Waals surface area (Å²) >= 11 is 3.11. The first-order chi connectivity index (χ1) is 15.7. The quantitative estimate of drug-likeness (QED) is 0.435. The van der Waals surface area contributed by atoms with E-state index in [1.807, 2.05) is 4.40 Å². The second-order valence-corrected chi connectivity index (χ2v) is 10.6. The van der Waals surface area contributed by atoms with Crippen LogP contribution < -0.4 is 10.9 Å². The predicted molar refractivity (Wildman–Crippen MR) is 126 cm³/mol. The summed E-state index contributed by atoms with van der Waals surface area (Å²) < 4.78 is 2.00. The number of hydrogen-bond acceptors (Lipinski definition) is 7. The molecule has 0 unspecified atom stereocenters. The van der Waals surface area contributed by atoms with Gasteiger partial charge >= 0.3 is 0 Å². The van der Waals surface area contributed by atoms with Crippen molar-refractivity contribution in [2.24, 2.45) is 5.92 Å². The molecular formula is C22H28N6O2S2. The van der Waals surface area contributed by atoms with Crippen molar-refractivity contribution in [2.45, 2.75) is 76.3 Å². The molecule has 1 saturated carbocycles. The van der Waals surface area contributed by atoms with Gasteiger partial charge in [-0.2, -0.15) is 0 Å². The molecule has 0 aromatic carbocycles. The lowest BCUT2D eigenvalue weighted by Gasteiger charge is -2.20. The van der Waals surface area contributed by atoms with Gasteiger partial charge in [-0.3, -0.25) is 24.8 Å². The first-order valence-electron chi connectivity index (χ1n) is 11.6. The maximum absolute atomic E-state index is 12.4. The van der Waals surface area contributed by atoms with Crippen molar-refractivity contribution in [3.05, 3.63) is 16.3 Å². The molecule has 0 radical (unpaired) electrons. The standard InChI is InChI=1S/C22H28N6O2S2/c1-2-16-23-21-18(14-10-6-7-11-15(14)32-21)19-25-27-22(28(16)19)31-12-17(29)24-26-20(30)13-8-4-3-5-9-13/h13H,2-12H2,1H3,(H,24,29)(H,26,30). The first-order valence-corrected chi connectivity index (χ1v) is 13.4. The number of nitrogens with one attached hydrogen (secondary N) is 2. The molecule has 0 aliphatic heterocycles. The zero-order chi connectivity index (χ0) is 22.1. The number of carbonyl (C=O) groups excluding carboxylic acids is 2. The van der Waals surface area contributed by atoms with E-state index in [4.69, 9.17) is 4.98 Å². The molecule has 3 aromatic heterocycles. The topological polar surface area (TPSA) is 101 Å². The minimum atomic E-state index is -0.254. The average molecular weight is 473 g/mol. The van der Waals surface area contributed by atoms with E-state index in [-0.39, 0.29) is 23.5 Å². The van der Waals surface area contributed by atoms with Crippen LogP contribution in [0.25, 0.3) is 15.9 Å². The second kappa shape index (κ2) is 9.35. The maximum atomic E-state index is 12.4. The molecule has 2 amide bonds. The highest BCUT2D eigenvalue weighted by molar-refractivity contribution is 7.99. The molecule has 0 saturated heterocycles. The average Bonchev–Trinajstić information content (AvgIpc) is 3.42. The number of nitrogens with zero attached hydrogens (tertiary/aromatic N) is 4. The lowest BCUT2D eigenvalue weighted by molar-refractivity contribution is -0.131. The number of thiophene rings is 1. The van der Waals surface area contributed by atoms with Crippen LogP contribution >= 0.6 is 23.1 Å². The third-order valence-corrected chi connectivity index (χ3v) is 8.56. The van der Waals surface area contributed by atoms with Crippen LogP contribution in [-0.4, -0.2) is 37.1 Å². The minimum absolute atomic E-state index is 0.00859. The van der Waals surface area contributed by atoms with Gasteiger partial charge in [-0.05, 0) is 44.1 Å². The van der Waals surface area contributed by atoms with Crippen LogP contribution in [0.1, 0.15) is 68.1 Å².